The lowest BCUT2D eigenvalue weighted by atomic mass is 10.1. The maximum Gasteiger partial charge on any atom is 0.253 e. The Labute approximate surface area is 138 Å². The molecule has 2 atom stereocenters. The van der Waals surface area contributed by atoms with Crippen molar-refractivity contribution in [3.8, 4) is 0 Å². The smallest absolute Gasteiger partial charge is 0.253 e. The summed E-state index contributed by atoms with van der Waals surface area (Å²) in [5, 5.41) is 0. The van der Waals surface area contributed by atoms with Crippen molar-refractivity contribution in [1.82, 2.24) is 9.80 Å². The quantitative estimate of drug-likeness (QED) is 0.855. The second-order valence-corrected chi connectivity index (χ2v) is 7.16. The number of ether oxygens (including phenoxy) is 1. The Morgan fingerprint density at radius 3 is 2.74 bits per heavy atom. The topological polar surface area (TPSA) is 32.8 Å². The molecule has 3 aliphatic rings. The zero-order valence-electron chi connectivity index (χ0n) is 13.7. The number of nitrogens with zero attached hydrogens (tertiary/aromatic N) is 2. The SMILES string of the molecule is O=C([C@@H]1CN(Cc2ccccc2)CCO1)N1CCC[C@H]1C1CC1. The molecule has 2 saturated heterocycles. The Morgan fingerprint density at radius 1 is 1.13 bits per heavy atom. The van der Waals surface area contributed by atoms with Crippen molar-refractivity contribution in [2.24, 2.45) is 5.92 Å². The van der Waals surface area contributed by atoms with Gasteiger partial charge in [-0.2, -0.15) is 0 Å². The second-order valence-electron chi connectivity index (χ2n) is 7.16. The van der Waals surface area contributed by atoms with E-state index in [1.165, 1.54) is 24.8 Å². The van der Waals surface area contributed by atoms with Crippen molar-refractivity contribution in [3.63, 3.8) is 0 Å². The molecule has 0 bridgehead atoms. The summed E-state index contributed by atoms with van der Waals surface area (Å²) in [6.45, 7) is 4.12. The average Bonchev–Trinajstić information content (AvgIpc) is 3.32. The summed E-state index contributed by atoms with van der Waals surface area (Å²) in [5.41, 5.74) is 1.30. The summed E-state index contributed by atoms with van der Waals surface area (Å²) in [6, 6.07) is 11.0. The summed E-state index contributed by atoms with van der Waals surface area (Å²) in [4.78, 5) is 17.4. The highest BCUT2D eigenvalue weighted by molar-refractivity contribution is 5.82. The molecule has 0 spiro atoms. The van der Waals surface area contributed by atoms with E-state index in [4.69, 9.17) is 4.74 Å². The van der Waals surface area contributed by atoms with Crippen molar-refractivity contribution < 1.29 is 9.53 Å². The van der Waals surface area contributed by atoms with Crippen LogP contribution < -0.4 is 0 Å². The van der Waals surface area contributed by atoms with Crippen molar-refractivity contribution in [1.29, 1.82) is 0 Å². The molecule has 1 aliphatic carbocycles. The number of rotatable bonds is 4. The number of morpholine rings is 1. The van der Waals surface area contributed by atoms with Crippen LogP contribution in [0.5, 0.6) is 0 Å². The van der Waals surface area contributed by atoms with Crippen LogP contribution in [0.4, 0.5) is 0 Å². The Hall–Kier alpha value is -1.39. The molecule has 0 unspecified atom stereocenters. The van der Waals surface area contributed by atoms with Crippen molar-refractivity contribution in [3.05, 3.63) is 35.9 Å². The van der Waals surface area contributed by atoms with E-state index >= 15 is 0 Å². The van der Waals surface area contributed by atoms with Gasteiger partial charge in [0.15, 0.2) is 0 Å². The zero-order valence-corrected chi connectivity index (χ0v) is 13.7. The molecular formula is C19H26N2O2. The fourth-order valence-corrected chi connectivity index (χ4v) is 4.06. The molecule has 0 aromatic heterocycles. The first-order chi connectivity index (χ1) is 11.3. The molecule has 4 nitrogen and oxygen atoms in total. The third-order valence-electron chi connectivity index (χ3n) is 5.42. The van der Waals surface area contributed by atoms with E-state index in [9.17, 15) is 4.79 Å². The Bertz CT molecular complexity index is 544. The highest BCUT2D eigenvalue weighted by atomic mass is 16.5. The van der Waals surface area contributed by atoms with Crippen LogP contribution in [0.3, 0.4) is 0 Å². The standard InChI is InChI=1S/C19H26N2O2/c22-19(21-10-4-7-17(21)16-8-9-16)18-14-20(11-12-23-18)13-15-5-2-1-3-6-15/h1-3,5-6,16-18H,4,7-14H2/t17-,18-/m0/s1. The van der Waals surface area contributed by atoms with Crippen LogP contribution in [0.15, 0.2) is 30.3 Å². The van der Waals surface area contributed by atoms with Crippen LogP contribution in [0.2, 0.25) is 0 Å². The Balaban J connectivity index is 1.37. The summed E-state index contributed by atoms with van der Waals surface area (Å²) >= 11 is 0. The van der Waals surface area contributed by atoms with Crippen LogP contribution in [-0.2, 0) is 16.1 Å². The second kappa shape index (κ2) is 6.62. The number of benzene rings is 1. The lowest BCUT2D eigenvalue weighted by molar-refractivity contribution is -0.151. The van der Waals surface area contributed by atoms with E-state index in [-0.39, 0.29) is 12.0 Å². The molecular weight excluding hydrogens is 288 g/mol. The number of amides is 1. The highest BCUT2D eigenvalue weighted by Gasteiger charge is 2.42. The summed E-state index contributed by atoms with van der Waals surface area (Å²) in [5.74, 6) is 1.00. The highest BCUT2D eigenvalue weighted by Crippen LogP contribution is 2.40. The Kier molecular flexibility index (Phi) is 4.36. The molecule has 1 aromatic carbocycles. The van der Waals surface area contributed by atoms with Gasteiger partial charge in [0, 0.05) is 32.2 Å². The molecule has 2 heterocycles. The normalized spacial score (nSPS) is 29.0. The number of carbonyl (C=O) groups excluding carboxylic acids is 1. The predicted molar refractivity (Wildman–Crippen MR) is 88.9 cm³/mol. The number of hydrogen-bond donors (Lipinski definition) is 0. The minimum Gasteiger partial charge on any atom is -0.366 e. The van der Waals surface area contributed by atoms with Crippen LogP contribution in [0.25, 0.3) is 0 Å². The van der Waals surface area contributed by atoms with Crippen LogP contribution >= 0.6 is 0 Å². The number of hydrogen-bond acceptors (Lipinski definition) is 3. The van der Waals surface area contributed by atoms with Gasteiger partial charge >= 0.3 is 0 Å². The molecule has 0 N–H and O–H groups in total. The van der Waals surface area contributed by atoms with E-state index in [1.807, 2.05) is 6.07 Å². The van der Waals surface area contributed by atoms with Crippen LogP contribution in [-0.4, -0.2) is 54.1 Å². The zero-order chi connectivity index (χ0) is 15.6. The maximum absolute atomic E-state index is 12.9. The predicted octanol–water partition coefficient (Wildman–Crippen LogP) is 2.29. The molecule has 4 rings (SSSR count). The molecule has 4 heteroatoms. The van der Waals surface area contributed by atoms with E-state index in [1.54, 1.807) is 0 Å². The van der Waals surface area contributed by atoms with Gasteiger partial charge in [0.05, 0.1) is 6.61 Å². The monoisotopic (exact) mass is 314 g/mol. The third kappa shape index (κ3) is 3.43. The first-order valence-corrected chi connectivity index (χ1v) is 8.99. The van der Waals surface area contributed by atoms with Crippen molar-refractivity contribution in [2.75, 3.05) is 26.2 Å². The minimum absolute atomic E-state index is 0.233. The van der Waals surface area contributed by atoms with Gasteiger partial charge in [0.2, 0.25) is 0 Å². The number of carbonyl (C=O) groups is 1. The summed E-state index contributed by atoms with van der Waals surface area (Å²) < 4.78 is 5.84. The third-order valence-corrected chi connectivity index (χ3v) is 5.42. The molecule has 0 radical (unpaired) electrons. The van der Waals surface area contributed by atoms with Gasteiger partial charge in [-0.3, -0.25) is 9.69 Å². The summed E-state index contributed by atoms with van der Waals surface area (Å²) in [6.07, 6.45) is 4.69. The molecule has 3 fully saturated rings. The molecule has 1 aromatic rings. The number of likely N-dealkylation sites (tertiary alicyclic amines) is 1. The summed E-state index contributed by atoms with van der Waals surface area (Å²) in [7, 11) is 0. The van der Waals surface area contributed by atoms with Gasteiger partial charge in [-0.25, -0.2) is 0 Å². The first-order valence-electron chi connectivity index (χ1n) is 8.99. The Morgan fingerprint density at radius 2 is 1.96 bits per heavy atom. The minimum atomic E-state index is -0.271. The van der Waals surface area contributed by atoms with Crippen LogP contribution in [0, 0.1) is 5.92 Å². The molecule has 1 saturated carbocycles. The first kappa shape index (κ1) is 15.2. The lowest BCUT2D eigenvalue weighted by Crippen LogP contribution is -2.52. The van der Waals surface area contributed by atoms with Crippen LogP contribution in [0.1, 0.15) is 31.2 Å². The van der Waals surface area contributed by atoms with Crippen molar-refractivity contribution >= 4 is 5.91 Å². The van der Waals surface area contributed by atoms with Gasteiger partial charge in [-0.15, -0.1) is 0 Å². The van der Waals surface area contributed by atoms with E-state index < -0.39 is 0 Å². The van der Waals surface area contributed by atoms with E-state index in [0.717, 1.165) is 38.5 Å². The van der Waals surface area contributed by atoms with Gasteiger partial charge in [0.25, 0.3) is 5.91 Å². The molecule has 1 amide bonds. The largest absolute Gasteiger partial charge is 0.366 e. The van der Waals surface area contributed by atoms with Gasteiger partial charge in [0.1, 0.15) is 6.10 Å². The molecule has 23 heavy (non-hydrogen) atoms. The van der Waals surface area contributed by atoms with Gasteiger partial charge in [-0.05, 0) is 37.2 Å². The van der Waals surface area contributed by atoms with Gasteiger partial charge < -0.3 is 9.64 Å². The van der Waals surface area contributed by atoms with Crippen molar-refractivity contribution in [2.45, 2.75) is 44.4 Å². The maximum atomic E-state index is 12.9. The van der Waals surface area contributed by atoms with E-state index in [0.29, 0.717) is 12.6 Å². The molecule has 124 valence electrons. The van der Waals surface area contributed by atoms with E-state index in [2.05, 4.69) is 34.1 Å². The molecule has 2 aliphatic heterocycles. The van der Waals surface area contributed by atoms with Gasteiger partial charge in [-0.1, -0.05) is 30.3 Å². The fraction of sp³-hybridized carbons (Fsp3) is 0.632. The average molecular weight is 314 g/mol. The fourth-order valence-electron chi connectivity index (χ4n) is 4.06. The lowest BCUT2D eigenvalue weighted by Gasteiger charge is -2.35.